The van der Waals surface area contributed by atoms with E-state index in [9.17, 15) is 19.8 Å². The number of rotatable bonds is 2. The number of hydrogen-bond acceptors (Lipinski definition) is 6. The van der Waals surface area contributed by atoms with Gasteiger partial charge in [-0.05, 0) is 64.0 Å². The zero-order valence-corrected chi connectivity index (χ0v) is 22.8. The molecule has 0 aromatic carbocycles. The monoisotopic (exact) mass is 492 g/mol. The lowest BCUT2D eigenvalue weighted by atomic mass is 9.73. The fourth-order valence-corrected chi connectivity index (χ4v) is 5.49. The quantitative estimate of drug-likeness (QED) is 0.536. The molecule has 1 aliphatic rings. The van der Waals surface area contributed by atoms with Gasteiger partial charge in [-0.2, -0.15) is 0 Å². The van der Waals surface area contributed by atoms with Crippen molar-refractivity contribution >= 4 is 29.1 Å². The standard InChI is InChI=1S/C27H44N2O4S/c1-17-9-8-11-27(7,33)12-10-22(18(2)14-21-16-34-20(4)28-21)29-24(31)15-23(30)26(5,6)25(32)19(3)13-17/h14,16-17,19,22-23,30,33H,8-13,15H2,1-7H3,(H,29,31)/b18-14+/t17?,19?,22-,23?,27+/m0/s1. The van der Waals surface area contributed by atoms with Crippen LogP contribution in [0.5, 0.6) is 0 Å². The third kappa shape index (κ3) is 8.28. The van der Waals surface area contributed by atoms with Crippen molar-refractivity contribution in [3.05, 3.63) is 21.7 Å². The number of aliphatic hydroxyl groups excluding tert-OH is 1. The number of amides is 1. The first-order chi connectivity index (χ1) is 15.7. The van der Waals surface area contributed by atoms with Crippen molar-refractivity contribution in [2.75, 3.05) is 0 Å². The number of thiazole rings is 1. The van der Waals surface area contributed by atoms with Gasteiger partial charge in [0.2, 0.25) is 5.91 Å². The fourth-order valence-electron chi connectivity index (χ4n) is 4.92. The minimum atomic E-state index is -1.07. The summed E-state index contributed by atoms with van der Waals surface area (Å²) in [4.78, 5) is 30.6. The number of aliphatic hydroxyl groups is 2. The molecular formula is C27H44N2O4S. The minimum Gasteiger partial charge on any atom is -0.392 e. The minimum absolute atomic E-state index is 0.00901. The van der Waals surface area contributed by atoms with Crippen LogP contribution >= 0.6 is 11.3 Å². The Kier molecular flexibility index (Phi) is 10.0. The lowest BCUT2D eigenvalue weighted by molar-refractivity contribution is -0.139. The van der Waals surface area contributed by atoms with Gasteiger partial charge in [0.25, 0.3) is 0 Å². The molecule has 1 aromatic heterocycles. The molecule has 6 nitrogen and oxygen atoms in total. The Hall–Kier alpha value is -1.57. The largest absolute Gasteiger partial charge is 0.392 e. The molecule has 3 unspecified atom stereocenters. The van der Waals surface area contributed by atoms with E-state index in [4.69, 9.17) is 0 Å². The average molecular weight is 493 g/mol. The zero-order chi connectivity index (χ0) is 25.7. The Morgan fingerprint density at radius 1 is 1.21 bits per heavy atom. The first-order valence-corrected chi connectivity index (χ1v) is 13.4. The Bertz CT molecular complexity index is 874. The molecule has 3 N–H and O–H groups in total. The first kappa shape index (κ1) is 28.7. The third-order valence-electron chi connectivity index (χ3n) is 7.33. The molecule has 2 rings (SSSR count). The molecule has 0 radical (unpaired) electrons. The maximum absolute atomic E-state index is 13.2. The van der Waals surface area contributed by atoms with Crippen molar-refractivity contribution < 1.29 is 19.8 Å². The Morgan fingerprint density at radius 3 is 2.50 bits per heavy atom. The molecule has 1 amide bonds. The van der Waals surface area contributed by atoms with Gasteiger partial charge >= 0.3 is 0 Å². The number of nitrogens with zero attached hydrogens (tertiary/aromatic N) is 1. The molecule has 1 fully saturated rings. The van der Waals surface area contributed by atoms with Crippen LogP contribution in [0.3, 0.4) is 0 Å². The second-order valence-corrected chi connectivity index (χ2v) is 12.3. The summed E-state index contributed by atoms with van der Waals surface area (Å²) in [5, 5.41) is 27.9. The van der Waals surface area contributed by atoms with Gasteiger partial charge in [-0.1, -0.05) is 40.5 Å². The average Bonchev–Trinajstić information content (AvgIpc) is 3.13. The fraction of sp³-hybridized carbons (Fsp3) is 0.741. The molecule has 2 heterocycles. The highest BCUT2D eigenvalue weighted by Crippen LogP contribution is 2.32. The molecule has 0 saturated carbocycles. The van der Waals surface area contributed by atoms with Gasteiger partial charge < -0.3 is 15.5 Å². The topological polar surface area (TPSA) is 99.5 Å². The molecule has 1 saturated heterocycles. The Balaban J connectivity index is 2.29. The molecule has 192 valence electrons. The number of carbonyl (C=O) groups excluding carboxylic acids is 2. The van der Waals surface area contributed by atoms with E-state index in [0.717, 1.165) is 35.5 Å². The summed E-state index contributed by atoms with van der Waals surface area (Å²) in [6.07, 6.45) is 5.13. The molecule has 5 atom stereocenters. The van der Waals surface area contributed by atoms with Gasteiger partial charge in [0.15, 0.2) is 0 Å². The zero-order valence-electron chi connectivity index (χ0n) is 22.0. The van der Waals surface area contributed by atoms with Crippen molar-refractivity contribution in [1.82, 2.24) is 10.3 Å². The lowest BCUT2D eigenvalue weighted by Gasteiger charge is -2.33. The van der Waals surface area contributed by atoms with Crippen LogP contribution in [-0.2, 0) is 9.59 Å². The first-order valence-electron chi connectivity index (χ1n) is 12.6. The summed E-state index contributed by atoms with van der Waals surface area (Å²) >= 11 is 1.57. The SMILES string of the molecule is C/C(=C\c1csc(C)n1)[C@@H]1CC[C@](C)(O)CCCC(C)CC(C)C(=O)C(C)(C)C(O)CC(=O)N1. The second-order valence-electron chi connectivity index (χ2n) is 11.3. The number of aryl methyl sites for hydroxylation is 1. The van der Waals surface area contributed by atoms with E-state index in [-0.39, 0.29) is 30.1 Å². The second kappa shape index (κ2) is 11.9. The van der Waals surface area contributed by atoms with Gasteiger partial charge in [-0.15, -0.1) is 11.3 Å². The van der Waals surface area contributed by atoms with Crippen LogP contribution in [0.25, 0.3) is 6.08 Å². The number of nitrogens with one attached hydrogen (secondary N) is 1. The van der Waals surface area contributed by atoms with Crippen LogP contribution < -0.4 is 5.32 Å². The highest BCUT2D eigenvalue weighted by atomic mass is 32.1. The number of aromatic nitrogens is 1. The van der Waals surface area contributed by atoms with Crippen molar-refractivity contribution in [2.45, 2.75) is 111 Å². The van der Waals surface area contributed by atoms with Crippen molar-refractivity contribution in [3.63, 3.8) is 0 Å². The molecule has 1 aliphatic heterocycles. The van der Waals surface area contributed by atoms with Gasteiger partial charge in [0.1, 0.15) is 5.78 Å². The van der Waals surface area contributed by atoms with Crippen LogP contribution in [0.2, 0.25) is 0 Å². The van der Waals surface area contributed by atoms with Gasteiger partial charge in [-0.3, -0.25) is 9.59 Å². The van der Waals surface area contributed by atoms with E-state index >= 15 is 0 Å². The maximum Gasteiger partial charge on any atom is 0.223 e. The molecule has 7 heteroatoms. The highest BCUT2D eigenvalue weighted by molar-refractivity contribution is 7.09. The third-order valence-corrected chi connectivity index (χ3v) is 8.12. The number of carbonyl (C=O) groups is 2. The maximum atomic E-state index is 13.2. The van der Waals surface area contributed by atoms with Crippen LogP contribution in [0.1, 0.15) is 97.2 Å². The van der Waals surface area contributed by atoms with Crippen LogP contribution in [-0.4, -0.2) is 44.6 Å². The Labute approximate surface area is 209 Å². The summed E-state index contributed by atoms with van der Waals surface area (Å²) in [5.74, 6) is -0.160. The van der Waals surface area contributed by atoms with E-state index in [0.29, 0.717) is 25.2 Å². The van der Waals surface area contributed by atoms with E-state index in [1.807, 2.05) is 39.2 Å². The van der Waals surface area contributed by atoms with Crippen LogP contribution in [0.4, 0.5) is 0 Å². The van der Waals surface area contributed by atoms with E-state index in [1.54, 1.807) is 25.2 Å². The number of hydrogen-bond donors (Lipinski definition) is 3. The highest BCUT2D eigenvalue weighted by Gasteiger charge is 2.39. The molecule has 34 heavy (non-hydrogen) atoms. The summed E-state index contributed by atoms with van der Waals surface area (Å²) in [6.45, 7) is 13.3. The Morgan fingerprint density at radius 2 is 1.88 bits per heavy atom. The number of Topliss-reactive ketones (excluding diaryl/α,β-unsaturated/α-hetero) is 1. The van der Waals surface area contributed by atoms with Crippen molar-refractivity contribution in [2.24, 2.45) is 17.3 Å². The van der Waals surface area contributed by atoms with E-state index in [2.05, 4.69) is 17.2 Å². The van der Waals surface area contributed by atoms with Gasteiger partial charge in [0.05, 0.1) is 40.3 Å². The molecule has 0 bridgehead atoms. The van der Waals surface area contributed by atoms with Gasteiger partial charge in [0, 0.05) is 11.3 Å². The normalized spacial score (nSPS) is 32.9. The van der Waals surface area contributed by atoms with E-state index < -0.39 is 17.1 Å². The predicted octanol–water partition coefficient (Wildman–Crippen LogP) is 5.06. The summed E-state index contributed by atoms with van der Waals surface area (Å²) in [5.41, 5.74) is -0.0406. The van der Waals surface area contributed by atoms with Crippen LogP contribution in [0.15, 0.2) is 11.0 Å². The van der Waals surface area contributed by atoms with E-state index in [1.165, 1.54) is 0 Å². The smallest absolute Gasteiger partial charge is 0.223 e. The van der Waals surface area contributed by atoms with Gasteiger partial charge in [-0.25, -0.2) is 4.98 Å². The molecule has 0 aliphatic carbocycles. The molecule has 1 aromatic rings. The predicted molar refractivity (Wildman–Crippen MR) is 138 cm³/mol. The molecule has 0 spiro atoms. The summed E-state index contributed by atoms with van der Waals surface area (Å²) in [7, 11) is 0. The molecular weight excluding hydrogens is 448 g/mol. The lowest BCUT2D eigenvalue weighted by Crippen LogP contribution is -2.45. The van der Waals surface area contributed by atoms with Crippen molar-refractivity contribution in [1.29, 1.82) is 0 Å². The number of ketones is 1. The summed E-state index contributed by atoms with van der Waals surface area (Å²) < 4.78 is 0. The van der Waals surface area contributed by atoms with Crippen molar-refractivity contribution in [3.8, 4) is 0 Å². The summed E-state index contributed by atoms with van der Waals surface area (Å²) in [6, 6.07) is -0.294. The van der Waals surface area contributed by atoms with Crippen LogP contribution in [0, 0.1) is 24.2 Å².